The van der Waals surface area contributed by atoms with E-state index in [1.54, 1.807) is 6.92 Å². The van der Waals surface area contributed by atoms with E-state index in [0.29, 0.717) is 16.5 Å². The highest BCUT2D eigenvalue weighted by Crippen LogP contribution is 2.29. The summed E-state index contributed by atoms with van der Waals surface area (Å²) < 4.78 is 6.34. The molecule has 0 aliphatic carbocycles. The van der Waals surface area contributed by atoms with Gasteiger partial charge in [-0.15, -0.1) is 0 Å². The lowest BCUT2D eigenvalue weighted by molar-refractivity contribution is -0.384. The van der Waals surface area contributed by atoms with Gasteiger partial charge in [0, 0.05) is 0 Å². The van der Waals surface area contributed by atoms with Gasteiger partial charge >= 0.3 is 0 Å². The second-order valence-electron chi connectivity index (χ2n) is 4.42. The molecule has 0 atom stereocenters. The average molecular weight is 325 g/mol. The first-order valence-electron chi connectivity index (χ1n) is 6.22. The molecule has 1 aromatic heterocycles. The topological polar surface area (TPSA) is 99.3 Å². The van der Waals surface area contributed by atoms with Gasteiger partial charge in [0.2, 0.25) is 5.91 Å². The van der Waals surface area contributed by atoms with Crippen LogP contribution in [0.1, 0.15) is 5.69 Å². The van der Waals surface area contributed by atoms with Crippen molar-refractivity contribution >= 4 is 28.9 Å². The Labute approximate surface area is 130 Å². The summed E-state index contributed by atoms with van der Waals surface area (Å²) in [6.45, 7) is 1.63. The van der Waals surface area contributed by atoms with Crippen LogP contribution in [0.3, 0.4) is 0 Å². The third-order valence-corrected chi connectivity index (χ3v) is 3.38. The van der Waals surface area contributed by atoms with E-state index in [1.165, 1.54) is 36.2 Å². The zero-order valence-corrected chi connectivity index (χ0v) is 12.6. The lowest BCUT2D eigenvalue weighted by atomic mass is 10.2. The number of carbonyl (C=O) groups is 1. The smallest absolute Gasteiger partial charge is 0.296 e. The summed E-state index contributed by atoms with van der Waals surface area (Å²) in [6, 6.07) is 4.18. The molecule has 0 spiro atoms. The first-order chi connectivity index (χ1) is 10.4. The SMILES string of the molecule is COc1ccc(NC(=O)Cn2ncc(Cl)c2C)c([N+](=O)[O-])c1. The summed E-state index contributed by atoms with van der Waals surface area (Å²) in [4.78, 5) is 22.5. The Hall–Kier alpha value is -2.61. The van der Waals surface area contributed by atoms with Gasteiger partial charge in [0.1, 0.15) is 18.0 Å². The number of halogens is 1. The highest BCUT2D eigenvalue weighted by Gasteiger charge is 2.18. The number of amides is 1. The van der Waals surface area contributed by atoms with Crippen molar-refractivity contribution < 1.29 is 14.5 Å². The van der Waals surface area contributed by atoms with E-state index in [-0.39, 0.29) is 17.9 Å². The van der Waals surface area contributed by atoms with Crippen LogP contribution in [0.15, 0.2) is 24.4 Å². The second kappa shape index (κ2) is 6.44. The number of aromatic nitrogens is 2. The Morgan fingerprint density at radius 2 is 2.27 bits per heavy atom. The fraction of sp³-hybridized carbons (Fsp3) is 0.231. The molecule has 1 aromatic carbocycles. The van der Waals surface area contributed by atoms with E-state index < -0.39 is 10.8 Å². The van der Waals surface area contributed by atoms with Crippen molar-refractivity contribution in [3.8, 4) is 5.75 Å². The molecule has 0 aliphatic rings. The van der Waals surface area contributed by atoms with Crippen molar-refractivity contribution in [2.75, 3.05) is 12.4 Å². The third kappa shape index (κ3) is 3.34. The first kappa shape index (κ1) is 15.8. The van der Waals surface area contributed by atoms with Gasteiger partial charge in [0.25, 0.3) is 5.69 Å². The van der Waals surface area contributed by atoms with E-state index in [1.807, 2.05) is 0 Å². The number of rotatable bonds is 5. The molecule has 1 N–H and O–H groups in total. The number of carbonyl (C=O) groups excluding carboxylic acids is 1. The van der Waals surface area contributed by atoms with Crippen LogP contribution < -0.4 is 10.1 Å². The molecule has 1 heterocycles. The van der Waals surface area contributed by atoms with Crippen LogP contribution in [0, 0.1) is 17.0 Å². The monoisotopic (exact) mass is 324 g/mol. The molecule has 0 saturated carbocycles. The fourth-order valence-corrected chi connectivity index (χ4v) is 1.95. The molecule has 0 bridgehead atoms. The number of nitrogens with zero attached hydrogens (tertiary/aromatic N) is 3. The lowest BCUT2D eigenvalue weighted by Crippen LogP contribution is -2.20. The maximum Gasteiger partial charge on any atom is 0.296 e. The Kier molecular flexibility index (Phi) is 4.62. The molecule has 1 amide bonds. The predicted molar refractivity (Wildman–Crippen MR) is 80.3 cm³/mol. The van der Waals surface area contributed by atoms with Gasteiger partial charge < -0.3 is 10.1 Å². The Balaban J connectivity index is 2.18. The van der Waals surface area contributed by atoms with Crippen molar-refractivity contribution in [1.29, 1.82) is 0 Å². The molecule has 2 aromatic rings. The number of anilines is 1. The zero-order chi connectivity index (χ0) is 16.3. The molecule has 0 radical (unpaired) electrons. The number of nitrogens with one attached hydrogen (secondary N) is 1. The van der Waals surface area contributed by atoms with E-state index in [2.05, 4.69) is 10.4 Å². The molecule has 0 unspecified atom stereocenters. The van der Waals surface area contributed by atoms with E-state index in [4.69, 9.17) is 16.3 Å². The van der Waals surface area contributed by atoms with Gasteiger partial charge in [-0.2, -0.15) is 5.10 Å². The number of ether oxygens (including phenoxy) is 1. The molecule has 2 rings (SSSR count). The van der Waals surface area contributed by atoms with E-state index in [9.17, 15) is 14.9 Å². The van der Waals surface area contributed by atoms with Crippen LogP contribution >= 0.6 is 11.6 Å². The maximum atomic E-state index is 12.0. The van der Waals surface area contributed by atoms with E-state index >= 15 is 0 Å². The van der Waals surface area contributed by atoms with Crippen LogP contribution in [-0.2, 0) is 11.3 Å². The van der Waals surface area contributed by atoms with Crippen LogP contribution in [0.25, 0.3) is 0 Å². The lowest BCUT2D eigenvalue weighted by Gasteiger charge is -2.08. The normalized spacial score (nSPS) is 10.3. The van der Waals surface area contributed by atoms with Crippen LogP contribution in [-0.4, -0.2) is 27.7 Å². The average Bonchev–Trinajstić information content (AvgIpc) is 2.79. The van der Waals surface area contributed by atoms with Crippen LogP contribution in [0.5, 0.6) is 5.75 Å². The zero-order valence-electron chi connectivity index (χ0n) is 11.9. The minimum Gasteiger partial charge on any atom is -0.496 e. The van der Waals surface area contributed by atoms with Gasteiger partial charge in [-0.05, 0) is 19.1 Å². The summed E-state index contributed by atoms with van der Waals surface area (Å²) in [5.41, 5.74) is 0.482. The third-order valence-electron chi connectivity index (χ3n) is 3.01. The number of nitro benzene ring substituents is 1. The highest BCUT2D eigenvalue weighted by molar-refractivity contribution is 6.31. The van der Waals surface area contributed by atoms with Gasteiger partial charge in [0.15, 0.2) is 0 Å². The number of hydrogen-bond donors (Lipinski definition) is 1. The maximum absolute atomic E-state index is 12.0. The first-order valence-corrected chi connectivity index (χ1v) is 6.60. The molecule has 9 heteroatoms. The molecule has 116 valence electrons. The molecule has 0 fully saturated rings. The van der Waals surface area contributed by atoms with Crippen molar-refractivity contribution in [2.24, 2.45) is 0 Å². The Morgan fingerprint density at radius 3 is 2.82 bits per heavy atom. The van der Waals surface area contributed by atoms with E-state index in [0.717, 1.165) is 0 Å². The van der Waals surface area contributed by atoms with Crippen molar-refractivity contribution in [2.45, 2.75) is 13.5 Å². The standard InChI is InChI=1S/C13H13ClN4O4/c1-8-10(14)6-15-17(8)7-13(19)16-11-4-3-9(22-2)5-12(11)18(20)21/h3-6H,7H2,1-2H3,(H,16,19). The molecule has 0 saturated heterocycles. The highest BCUT2D eigenvalue weighted by atomic mass is 35.5. The quantitative estimate of drug-likeness (QED) is 0.672. The Morgan fingerprint density at radius 1 is 1.55 bits per heavy atom. The van der Waals surface area contributed by atoms with Gasteiger partial charge in [-0.3, -0.25) is 19.6 Å². The number of benzene rings is 1. The number of nitro groups is 1. The molecular weight excluding hydrogens is 312 g/mol. The van der Waals surface area contributed by atoms with Gasteiger partial charge in [-0.25, -0.2) is 0 Å². The molecule has 0 aliphatic heterocycles. The summed E-state index contributed by atoms with van der Waals surface area (Å²) in [5, 5.41) is 17.9. The van der Waals surface area contributed by atoms with Gasteiger partial charge in [-0.1, -0.05) is 11.6 Å². The van der Waals surface area contributed by atoms with Gasteiger partial charge in [0.05, 0.1) is 35.0 Å². The van der Waals surface area contributed by atoms with Crippen LogP contribution in [0.4, 0.5) is 11.4 Å². The summed E-state index contributed by atoms with van der Waals surface area (Å²) in [5.74, 6) is -0.115. The molecule has 8 nitrogen and oxygen atoms in total. The predicted octanol–water partition coefficient (Wildman–Crippen LogP) is 2.40. The van der Waals surface area contributed by atoms with Crippen LogP contribution in [0.2, 0.25) is 5.02 Å². The molecular formula is C13H13ClN4O4. The summed E-state index contributed by atoms with van der Waals surface area (Å²) >= 11 is 5.85. The summed E-state index contributed by atoms with van der Waals surface area (Å²) in [6.07, 6.45) is 1.43. The molecule has 22 heavy (non-hydrogen) atoms. The number of hydrogen-bond acceptors (Lipinski definition) is 5. The minimum atomic E-state index is -0.589. The largest absolute Gasteiger partial charge is 0.496 e. The van der Waals surface area contributed by atoms with Crippen molar-refractivity contribution in [3.05, 3.63) is 45.2 Å². The number of methoxy groups -OCH3 is 1. The minimum absolute atomic E-state index is 0.0895. The second-order valence-corrected chi connectivity index (χ2v) is 4.83. The summed E-state index contributed by atoms with van der Waals surface area (Å²) in [7, 11) is 1.40. The fourth-order valence-electron chi connectivity index (χ4n) is 1.80. The Bertz CT molecular complexity index is 729. The van der Waals surface area contributed by atoms with Crippen molar-refractivity contribution in [1.82, 2.24) is 9.78 Å². The van der Waals surface area contributed by atoms with Crippen molar-refractivity contribution in [3.63, 3.8) is 0 Å².